The normalized spacial score (nSPS) is 10.2. The van der Waals surface area contributed by atoms with E-state index in [1.807, 2.05) is 0 Å². The number of carbonyl (C=O) groups excluding carboxylic acids is 1. The van der Waals surface area contributed by atoms with E-state index in [4.69, 9.17) is 16.3 Å². The summed E-state index contributed by atoms with van der Waals surface area (Å²) in [6.07, 6.45) is 0.697. The lowest BCUT2D eigenvalue weighted by Gasteiger charge is -2.09. The maximum atomic E-state index is 10.7. The zero-order valence-electron chi connectivity index (χ0n) is 10.6. The van der Waals surface area contributed by atoms with Gasteiger partial charge in [0.25, 0.3) is 5.69 Å². The first kappa shape index (κ1) is 15.5. The fraction of sp³-hybridized carbons (Fsp3) is 0.0714. The van der Waals surface area contributed by atoms with Crippen LogP contribution in [-0.2, 0) is 6.61 Å². The maximum absolute atomic E-state index is 10.7. The van der Waals surface area contributed by atoms with E-state index in [0.717, 1.165) is 5.56 Å². The van der Waals surface area contributed by atoms with E-state index in [9.17, 15) is 14.9 Å². The number of hydrogen-bond acceptors (Lipinski definition) is 4. The number of nitrogens with zero attached hydrogens (tertiary/aromatic N) is 1. The van der Waals surface area contributed by atoms with Crippen LogP contribution in [0, 0.1) is 10.1 Å². The van der Waals surface area contributed by atoms with Crippen molar-refractivity contribution in [1.82, 2.24) is 0 Å². The molecule has 0 saturated heterocycles. The molecular weight excluding hydrogens is 362 g/mol. The number of aldehydes is 1. The Hall–Kier alpha value is -1.92. The molecule has 0 spiro atoms. The van der Waals surface area contributed by atoms with Crippen molar-refractivity contribution in [2.24, 2.45) is 0 Å². The molecule has 2 aromatic carbocycles. The van der Waals surface area contributed by atoms with Crippen LogP contribution in [0.4, 0.5) is 5.69 Å². The van der Waals surface area contributed by atoms with E-state index < -0.39 is 4.92 Å². The highest BCUT2D eigenvalue weighted by atomic mass is 79.9. The van der Waals surface area contributed by atoms with E-state index in [1.54, 1.807) is 18.2 Å². The van der Waals surface area contributed by atoms with Crippen LogP contribution in [-0.4, -0.2) is 11.2 Å². The zero-order valence-corrected chi connectivity index (χ0v) is 12.9. The van der Waals surface area contributed by atoms with Gasteiger partial charge in [0.2, 0.25) is 0 Å². The minimum absolute atomic E-state index is 0.000932. The van der Waals surface area contributed by atoms with Crippen LogP contribution in [0.3, 0.4) is 0 Å². The second-order valence-electron chi connectivity index (χ2n) is 4.13. The molecule has 0 aliphatic heterocycles. The molecule has 0 unspecified atom stereocenters. The topological polar surface area (TPSA) is 69.4 Å². The van der Waals surface area contributed by atoms with Gasteiger partial charge in [0.15, 0.2) is 0 Å². The highest BCUT2D eigenvalue weighted by Crippen LogP contribution is 2.28. The van der Waals surface area contributed by atoms with Crippen molar-refractivity contribution in [3.63, 3.8) is 0 Å². The average molecular weight is 371 g/mol. The molecule has 0 aromatic heterocycles. The van der Waals surface area contributed by atoms with Crippen molar-refractivity contribution in [2.45, 2.75) is 6.61 Å². The molecule has 0 atom stereocenters. The lowest BCUT2D eigenvalue weighted by molar-refractivity contribution is -0.384. The van der Waals surface area contributed by atoms with Gasteiger partial charge in [-0.3, -0.25) is 14.9 Å². The molecular formula is C14H9BrClNO4. The molecule has 0 aliphatic rings. The summed E-state index contributed by atoms with van der Waals surface area (Å²) in [5, 5.41) is 11.0. The summed E-state index contributed by atoms with van der Waals surface area (Å²) in [7, 11) is 0. The van der Waals surface area contributed by atoms with Crippen LogP contribution < -0.4 is 4.74 Å². The quantitative estimate of drug-likeness (QED) is 0.444. The van der Waals surface area contributed by atoms with Crippen LogP contribution in [0.25, 0.3) is 0 Å². The second kappa shape index (κ2) is 6.69. The Morgan fingerprint density at radius 3 is 2.62 bits per heavy atom. The Morgan fingerprint density at radius 1 is 1.29 bits per heavy atom. The summed E-state index contributed by atoms with van der Waals surface area (Å²) in [6, 6.07) is 9.13. The fourth-order valence-corrected chi connectivity index (χ4v) is 2.35. The maximum Gasteiger partial charge on any atom is 0.270 e. The van der Waals surface area contributed by atoms with Gasteiger partial charge in [-0.1, -0.05) is 27.5 Å². The Bertz CT molecular complexity index is 705. The van der Waals surface area contributed by atoms with Gasteiger partial charge in [0, 0.05) is 27.7 Å². The predicted molar refractivity (Wildman–Crippen MR) is 82.0 cm³/mol. The minimum atomic E-state index is -0.468. The number of nitro groups is 1. The number of non-ortho nitro benzene ring substituents is 1. The molecule has 0 aliphatic carbocycles. The summed E-state index contributed by atoms with van der Waals surface area (Å²) in [4.78, 5) is 20.8. The molecule has 108 valence electrons. The monoisotopic (exact) mass is 369 g/mol. The SMILES string of the molecule is O=Cc1ccc(OCc2ccc([N+](=O)[O-])cc2Br)c(Cl)c1. The third-order valence-electron chi connectivity index (χ3n) is 2.72. The van der Waals surface area contributed by atoms with Gasteiger partial charge in [0.05, 0.1) is 9.95 Å². The highest BCUT2D eigenvalue weighted by molar-refractivity contribution is 9.10. The number of benzene rings is 2. The summed E-state index contributed by atoms with van der Waals surface area (Å²) in [5.41, 5.74) is 1.21. The molecule has 0 amide bonds. The van der Waals surface area contributed by atoms with Crippen molar-refractivity contribution >= 4 is 39.5 Å². The molecule has 5 nitrogen and oxygen atoms in total. The molecule has 2 aromatic rings. The summed E-state index contributed by atoms with van der Waals surface area (Å²) < 4.78 is 6.14. The second-order valence-corrected chi connectivity index (χ2v) is 5.39. The Balaban J connectivity index is 2.13. The van der Waals surface area contributed by atoms with Gasteiger partial charge in [-0.2, -0.15) is 0 Å². The molecule has 7 heteroatoms. The predicted octanol–water partition coefficient (Wildman–Crippen LogP) is 4.40. The van der Waals surface area contributed by atoms with Gasteiger partial charge < -0.3 is 4.74 Å². The largest absolute Gasteiger partial charge is 0.487 e. The van der Waals surface area contributed by atoms with E-state index in [2.05, 4.69) is 15.9 Å². The lowest BCUT2D eigenvalue weighted by Crippen LogP contribution is -1.98. The van der Waals surface area contributed by atoms with Crippen LogP contribution in [0.2, 0.25) is 5.02 Å². The Morgan fingerprint density at radius 2 is 2.05 bits per heavy atom. The zero-order chi connectivity index (χ0) is 15.4. The van der Waals surface area contributed by atoms with Crippen molar-refractivity contribution < 1.29 is 14.5 Å². The first-order chi connectivity index (χ1) is 10.0. The molecule has 21 heavy (non-hydrogen) atoms. The Kier molecular flexibility index (Phi) is 4.93. The average Bonchev–Trinajstić information content (AvgIpc) is 2.46. The number of ether oxygens (including phenoxy) is 1. The number of nitro benzene ring substituents is 1. The first-order valence-electron chi connectivity index (χ1n) is 5.81. The van der Waals surface area contributed by atoms with Crippen molar-refractivity contribution in [1.29, 1.82) is 0 Å². The van der Waals surface area contributed by atoms with Gasteiger partial charge >= 0.3 is 0 Å². The number of rotatable bonds is 5. The van der Waals surface area contributed by atoms with Crippen molar-refractivity contribution in [2.75, 3.05) is 0 Å². The van der Waals surface area contributed by atoms with Gasteiger partial charge in [-0.05, 0) is 24.3 Å². The highest BCUT2D eigenvalue weighted by Gasteiger charge is 2.10. The van der Waals surface area contributed by atoms with E-state index in [-0.39, 0.29) is 12.3 Å². The molecule has 0 bridgehead atoms. The van der Waals surface area contributed by atoms with Crippen LogP contribution in [0.1, 0.15) is 15.9 Å². The van der Waals surface area contributed by atoms with Gasteiger partial charge in [-0.25, -0.2) is 0 Å². The van der Waals surface area contributed by atoms with Crippen LogP contribution in [0.15, 0.2) is 40.9 Å². The number of carbonyl (C=O) groups is 1. The van der Waals surface area contributed by atoms with E-state index >= 15 is 0 Å². The Labute approximate surface area is 133 Å². The molecule has 0 saturated carbocycles. The third kappa shape index (κ3) is 3.80. The van der Waals surface area contributed by atoms with Gasteiger partial charge in [0.1, 0.15) is 18.6 Å². The van der Waals surface area contributed by atoms with Crippen molar-refractivity contribution in [3.8, 4) is 5.75 Å². The fourth-order valence-electron chi connectivity index (χ4n) is 1.63. The summed E-state index contributed by atoms with van der Waals surface area (Å²) in [6.45, 7) is 0.193. The van der Waals surface area contributed by atoms with Crippen LogP contribution in [0.5, 0.6) is 5.75 Å². The number of halogens is 2. The summed E-state index contributed by atoms with van der Waals surface area (Å²) >= 11 is 9.26. The third-order valence-corrected chi connectivity index (χ3v) is 3.76. The van der Waals surface area contributed by atoms with Crippen LogP contribution >= 0.6 is 27.5 Å². The van der Waals surface area contributed by atoms with E-state index in [0.29, 0.717) is 27.1 Å². The molecule has 0 radical (unpaired) electrons. The molecule has 0 heterocycles. The molecule has 0 fully saturated rings. The molecule has 0 N–H and O–H groups in total. The van der Waals surface area contributed by atoms with Gasteiger partial charge in [-0.15, -0.1) is 0 Å². The smallest absolute Gasteiger partial charge is 0.270 e. The number of hydrogen-bond donors (Lipinski definition) is 0. The minimum Gasteiger partial charge on any atom is -0.487 e. The van der Waals surface area contributed by atoms with Crippen molar-refractivity contribution in [3.05, 3.63) is 67.1 Å². The molecule has 2 rings (SSSR count). The summed E-state index contributed by atoms with van der Waals surface area (Å²) in [5.74, 6) is 0.438. The lowest BCUT2D eigenvalue weighted by atomic mass is 10.2. The van der Waals surface area contributed by atoms with E-state index in [1.165, 1.54) is 18.2 Å². The first-order valence-corrected chi connectivity index (χ1v) is 6.98. The standard InChI is InChI=1S/C14H9BrClNO4/c15-12-6-11(17(19)20)3-2-10(12)8-21-14-4-1-9(7-18)5-13(14)16/h1-7H,8H2.